The summed E-state index contributed by atoms with van der Waals surface area (Å²) in [5, 5.41) is 5.94. The second-order valence-electron chi connectivity index (χ2n) is 4.01. The molecule has 0 saturated heterocycles. The first-order chi connectivity index (χ1) is 9.65. The van der Waals surface area contributed by atoms with Crippen LogP contribution in [0.15, 0.2) is 38.5 Å². The predicted molar refractivity (Wildman–Crippen MR) is 84.4 cm³/mol. The Kier molecular flexibility index (Phi) is 3.78. The average Bonchev–Trinajstić information content (AvgIpc) is 3.04. The van der Waals surface area contributed by atoms with Crippen LogP contribution in [-0.2, 0) is 4.79 Å². The molecule has 1 amide bonds. The van der Waals surface area contributed by atoms with Gasteiger partial charge in [-0.3, -0.25) is 4.79 Å². The van der Waals surface area contributed by atoms with Gasteiger partial charge >= 0.3 is 0 Å². The number of nitrogens with one attached hydrogen (secondary N) is 1. The molecule has 0 aliphatic heterocycles. The Morgan fingerprint density at radius 2 is 2.30 bits per heavy atom. The van der Waals surface area contributed by atoms with Gasteiger partial charge in [-0.25, -0.2) is 4.98 Å². The highest BCUT2D eigenvalue weighted by atomic mass is 79.9. The van der Waals surface area contributed by atoms with E-state index in [0.29, 0.717) is 16.6 Å². The van der Waals surface area contributed by atoms with E-state index in [0.717, 1.165) is 15.4 Å². The van der Waals surface area contributed by atoms with Crippen LogP contribution in [-0.4, -0.2) is 16.8 Å². The predicted octanol–water partition coefficient (Wildman–Crippen LogP) is 4.50. The van der Waals surface area contributed by atoms with Crippen molar-refractivity contribution in [3.63, 3.8) is 0 Å². The van der Waals surface area contributed by atoms with Crippen LogP contribution in [0.5, 0.6) is 0 Å². The van der Waals surface area contributed by atoms with Gasteiger partial charge in [0.2, 0.25) is 5.91 Å². The van der Waals surface area contributed by atoms with Crippen LogP contribution < -0.4 is 5.32 Å². The summed E-state index contributed by atoms with van der Waals surface area (Å²) in [4.78, 5) is 15.5. The van der Waals surface area contributed by atoms with Crippen molar-refractivity contribution in [2.45, 2.75) is 0 Å². The molecule has 0 bridgehead atoms. The molecule has 3 aromatic rings. The Morgan fingerprint density at radius 3 is 3.10 bits per heavy atom. The van der Waals surface area contributed by atoms with Crippen LogP contribution >= 0.6 is 38.9 Å². The number of hydrogen-bond donors (Lipinski definition) is 1. The van der Waals surface area contributed by atoms with Gasteiger partial charge in [-0.1, -0.05) is 15.9 Å². The average molecular weight is 372 g/mol. The fourth-order valence-corrected chi connectivity index (χ4v) is 2.90. The third-order valence-electron chi connectivity index (χ3n) is 2.60. The molecule has 0 radical (unpaired) electrons. The highest BCUT2D eigenvalue weighted by Crippen LogP contribution is 2.31. The number of rotatable bonds is 3. The summed E-state index contributed by atoms with van der Waals surface area (Å²) in [6.45, 7) is 0. The smallest absolute Gasteiger partial charge is 0.241 e. The number of alkyl halides is 1. The van der Waals surface area contributed by atoms with Crippen molar-refractivity contribution < 1.29 is 9.21 Å². The van der Waals surface area contributed by atoms with Crippen LogP contribution in [0.25, 0.3) is 22.4 Å². The topological polar surface area (TPSA) is 55.1 Å². The van der Waals surface area contributed by atoms with Crippen LogP contribution in [0.3, 0.4) is 0 Å². The molecule has 0 unspecified atom stereocenters. The van der Waals surface area contributed by atoms with Gasteiger partial charge in [0.05, 0.1) is 0 Å². The molecule has 0 saturated carbocycles. The van der Waals surface area contributed by atoms with Crippen LogP contribution in [0.4, 0.5) is 5.13 Å². The number of amides is 1. The van der Waals surface area contributed by atoms with E-state index in [-0.39, 0.29) is 11.8 Å². The number of carbonyl (C=O) groups excluding carboxylic acids is 1. The number of anilines is 1. The van der Waals surface area contributed by atoms with Crippen molar-refractivity contribution in [3.8, 4) is 11.5 Å². The molecule has 4 nitrogen and oxygen atoms in total. The van der Waals surface area contributed by atoms with Crippen molar-refractivity contribution in [1.82, 2.24) is 4.98 Å². The van der Waals surface area contributed by atoms with Gasteiger partial charge < -0.3 is 9.73 Å². The molecule has 7 heteroatoms. The maximum absolute atomic E-state index is 11.2. The van der Waals surface area contributed by atoms with Gasteiger partial charge in [-0.15, -0.1) is 22.9 Å². The summed E-state index contributed by atoms with van der Waals surface area (Å²) >= 11 is 10.2. The molecule has 0 atom stereocenters. The summed E-state index contributed by atoms with van der Waals surface area (Å²) in [7, 11) is 0. The fourth-order valence-electron chi connectivity index (χ4n) is 1.74. The van der Waals surface area contributed by atoms with Crippen LogP contribution in [0, 0.1) is 0 Å². The lowest BCUT2D eigenvalue weighted by Crippen LogP contribution is -2.12. The van der Waals surface area contributed by atoms with E-state index in [1.807, 2.05) is 29.6 Å². The number of furan rings is 1. The number of carbonyl (C=O) groups is 1. The van der Waals surface area contributed by atoms with Gasteiger partial charge in [0.15, 0.2) is 10.9 Å². The number of nitrogens with zero attached hydrogens (tertiary/aromatic N) is 1. The maximum Gasteiger partial charge on any atom is 0.241 e. The summed E-state index contributed by atoms with van der Waals surface area (Å²) in [6, 6.07) is 7.71. The summed E-state index contributed by atoms with van der Waals surface area (Å²) in [6.07, 6.45) is 0. The Bertz CT molecular complexity index is 784. The lowest BCUT2D eigenvalue weighted by molar-refractivity contribution is -0.113. The van der Waals surface area contributed by atoms with Gasteiger partial charge in [0.1, 0.15) is 17.2 Å². The van der Waals surface area contributed by atoms with Gasteiger partial charge in [-0.2, -0.15) is 0 Å². The van der Waals surface area contributed by atoms with Crippen molar-refractivity contribution in [2.24, 2.45) is 0 Å². The number of thiazole rings is 1. The molecule has 1 N–H and O–H groups in total. The van der Waals surface area contributed by atoms with Crippen LogP contribution in [0.2, 0.25) is 0 Å². The molecular formula is C13H8BrClN2O2S. The van der Waals surface area contributed by atoms with Gasteiger partial charge in [-0.05, 0) is 24.3 Å². The zero-order valence-electron chi connectivity index (χ0n) is 10.0. The Balaban J connectivity index is 1.92. The van der Waals surface area contributed by atoms with E-state index in [1.165, 1.54) is 11.3 Å². The van der Waals surface area contributed by atoms with Crippen LogP contribution in [0.1, 0.15) is 0 Å². The quantitative estimate of drug-likeness (QED) is 0.690. The molecule has 0 spiro atoms. The number of fused-ring (bicyclic) bond motifs is 1. The minimum Gasteiger partial charge on any atom is -0.454 e. The SMILES string of the molecule is O=C(CCl)Nc1nc(-c2cc3cc(Br)ccc3o2)cs1. The molecule has 20 heavy (non-hydrogen) atoms. The molecule has 0 fully saturated rings. The van der Waals surface area contributed by atoms with E-state index in [1.54, 1.807) is 0 Å². The molecule has 102 valence electrons. The third-order valence-corrected chi connectivity index (χ3v) is 4.10. The Labute approximate surface area is 131 Å². The summed E-state index contributed by atoms with van der Waals surface area (Å²) in [5.74, 6) is 0.301. The second kappa shape index (κ2) is 5.55. The van der Waals surface area contributed by atoms with Crippen molar-refractivity contribution in [2.75, 3.05) is 11.2 Å². The first-order valence-corrected chi connectivity index (χ1v) is 7.87. The number of hydrogen-bond acceptors (Lipinski definition) is 4. The molecular weight excluding hydrogens is 364 g/mol. The first-order valence-electron chi connectivity index (χ1n) is 5.66. The number of halogens is 2. The fraction of sp³-hybridized carbons (Fsp3) is 0.0769. The van der Waals surface area contributed by atoms with E-state index in [2.05, 4.69) is 26.2 Å². The van der Waals surface area contributed by atoms with Crippen molar-refractivity contribution in [1.29, 1.82) is 0 Å². The highest BCUT2D eigenvalue weighted by Gasteiger charge is 2.11. The van der Waals surface area contributed by atoms with Crippen molar-refractivity contribution >= 4 is 60.9 Å². The largest absolute Gasteiger partial charge is 0.454 e. The Morgan fingerprint density at radius 1 is 1.45 bits per heavy atom. The zero-order valence-corrected chi connectivity index (χ0v) is 13.2. The minimum absolute atomic E-state index is 0.0897. The summed E-state index contributed by atoms with van der Waals surface area (Å²) < 4.78 is 6.73. The highest BCUT2D eigenvalue weighted by molar-refractivity contribution is 9.10. The van der Waals surface area contributed by atoms with Gasteiger partial charge in [0, 0.05) is 15.2 Å². The molecule has 2 aromatic heterocycles. The minimum atomic E-state index is -0.277. The molecule has 0 aliphatic carbocycles. The number of benzene rings is 1. The van der Waals surface area contributed by atoms with Crippen molar-refractivity contribution in [3.05, 3.63) is 34.1 Å². The van der Waals surface area contributed by atoms with E-state index < -0.39 is 0 Å². The molecule has 1 aromatic carbocycles. The third kappa shape index (κ3) is 2.72. The summed E-state index contributed by atoms with van der Waals surface area (Å²) in [5.41, 5.74) is 1.48. The maximum atomic E-state index is 11.2. The molecule has 0 aliphatic rings. The molecule has 3 rings (SSSR count). The molecule has 2 heterocycles. The first kappa shape index (κ1) is 13.6. The Hall–Kier alpha value is -1.37. The standard InChI is InChI=1S/C13H8BrClN2O2S/c14-8-1-2-10-7(3-8)4-11(19-10)9-6-20-13(16-9)17-12(18)5-15/h1-4,6H,5H2,(H,16,17,18). The zero-order chi connectivity index (χ0) is 14.1. The van der Waals surface area contributed by atoms with E-state index in [9.17, 15) is 4.79 Å². The second-order valence-corrected chi connectivity index (χ2v) is 6.05. The normalized spacial score (nSPS) is 10.9. The monoisotopic (exact) mass is 370 g/mol. The number of aromatic nitrogens is 1. The van der Waals surface area contributed by atoms with E-state index in [4.69, 9.17) is 16.0 Å². The lowest BCUT2D eigenvalue weighted by atomic mass is 10.2. The van der Waals surface area contributed by atoms with Gasteiger partial charge in [0.25, 0.3) is 0 Å². The van der Waals surface area contributed by atoms with E-state index >= 15 is 0 Å². The lowest BCUT2D eigenvalue weighted by Gasteiger charge is -1.95.